The fourth-order valence-electron chi connectivity index (χ4n) is 1.47. The van der Waals surface area contributed by atoms with Crippen molar-refractivity contribution in [3.63, 3.8) is 0 Å². The summed E-state index contributed by atoms with van der Waals surface area (Å²) < 4.78 is 17.9. The zero-order valence-corrected chi connectivity index (χ0v) is 11.2. The van der Waals surface area contributed by atoms with Gasteiger partial charge in [0.05, 0.1) is 5.70 Å². The van der Waals surface area contributed by atoms with Gasteiger partial charge in [-0.1, -0.05) is 6.58 Å². The van der Waals surface area contributed by atoms with Crippen molar-refractivity contribution in [1.29, 1.82) is 0 Å². The zero-order chi connectivity index (χ0) is 15.1. The molecule has 1 heterocycles. The van der Waals surface area contributed by atoms with E-state index in [-0.39, 0.29) is 18.3 Å². The van der Waals surface area contributed by atoms with Gasteiger partial charge in [0.1, 0.15) is 11.6 Å². The number of aromatic nitrogens is 1. The SMILES string of the molecule is C=C(NNC(=O)COc1ccc(F)cc1)c1cccnc1. The van der Waals surface area contributed by atoms with Crippen molar-refractivity contribution in [2.24, 2.45) is 0 Å². The van der Waals surface area contributed by atoms with E-state index in [1.165, 1.54) is 24.3 Å². The Bertz CT molecular complexity index is 615. The molecule has 0 saturated heterocycles. The van der Waals surface area contributed by atoms with Crippen molar-refractivity contribution in [3.05, 3.63) is 66.8 Å². The van der Waals surface area contributed by atoms with E-state index in [9.17, 15) is 9.18 Å². The lowest BCUT2D eigenvalue weighted by Gasteiger charge is -2.11. The zero-order valence-electron chi connectivity index (χ0n) is 11.2. The van der Waals surface area contributed by atoms with E-state index < -0.39 is 0 Å². The largest absolute Gasteiger partial charge is 0.484 e. The molecule has 0 bridgehead atoms. The van der Waals surface area contributed by atoms with Crippen molar-refractivity contribution >= 4 is 11.6 Å². The average Bonchev–Trinajstić information content (AvgIpc) is 2.53. The molecular formula is C15H14FN3O2. The van der Waals surface area contributed by atoms with Crippen molar-refractivity contribution in [3.8, 4) is 5.75 Å². The van der Waals surface area contributed by atoms with Gasteiger partial charge in [0.25, 0.3) is 5.91 Å². The number of rotatable bonds is 6. The molecule has 1 aromatic heterocycles. The van der Waals surface area contributed by atoms with E-state index in [1.807, 2.05) is 6.07 Å². The Labute approximate surface area is 121 Å². The molecular weight excluding hydrogens is 273 g/mol. The van der Waals surface area contributed by atoms with Gasteiger partial charge in [-0.15, -0.1) is 0 Å². The Morgan fingerprint density at radius 2 is 2.00 bits per heavy atom. The first-order valence-electron chi connectivity index (χ1n) is 6.17. The first kappa shape index (κ1) is 14.5. The minimum absolute atomic E-state index is 0.195. The molecule has 0 spiro atoms. The number of ether oxygens (including phenoxy) is 1. The lowest BCUT2D eigenvalue weighted by molar-refractivity contribution is -0.123. The molecule has 0 atom stereocenters. The number of hydrogen-bond acceptors (Lipinski definition) is 4. The molecule has 21 heavy (non-hydrogen) atoms. The fraction of sp³-hybridized carbons (Fsp3) is 0.0667. The lowest BCUT2D eigenvalue weighted by Crippen LogP contribution is -2.38. The number of hydrogen-bond donors (Lipinski definition) is 2. The Hall–Kier alpha value is -2.89. The number of halogens is 1. The number of amides is 1. The molecule has 1 aromatic carbocycles. The summed E-state index contributed by atoms with van der Waals surface area (Å²) >= 11 is 0. The predicted octanol–water partition coefficient (Wildman–Crippen LogP) is 1.89. The second-order valence-electron chi connectivity index (χ2n) is 4.14. The molecule has 0 unspecified atom stereocenters. The number of benzene rings is 1. The minimum Gasteiger partial charge on any atom is -0.484 e. The van der Waals surface area contributed by atoms with Gasteiger partial charge in [0, 0.05) is 18.0 Å². The van der Waals surface area contributed by atoms with Gasteiger partial charge in [-0.05, 0) is 36.4 Å². The maximum Gasteiger partial charge on any atom is 0.276 e. The first-order chi connectivity index (χ1) is 10.1. The van der Waals surface area contributed by atoms with Crippen LogP contribution in [0.1, 0.15) is 5.56 Å². The molecule has 1 amide bonds. The second kappa shape index (κ2) is 7.04. The van der Waals surface area contributed by atoms with Gasteiger partial charge in [0.2, 0.25) is 0 Å². The molecule has 0 aliphatic heterocycles. The van der Waals surface area contributed by atoms with E-state index in [0.29, 0.717) is 11.4 Å². The van der Waals surface area contributed by atoms with E-state index in [2.05, 4.69) is 22.4 Å². The maximum absolute atomic E-state index is 12.7. The van der Waals surface area contributed by atoms with Crippen LogP contribution in [0.5, 0.6) is 5.75 Å². The molecule has 0 fully saturated rings. The summed E-state index contributed by atoms with van der Waals surface area (Å²) in [6, 6.07) is 8.99. The summed E-state index contributed by atoms with van der Waals surface area (Å²) in [5.41, 5.74) is 6.39. The highest BCUT2D eigenvalue weighted by molar-refractivity contribution is 5.78. The smallest absolute Gasteiger partial charge is 0.276 e. The second-order valence-corrected chi connectivity index (χ2v) is 4.14. The number of nitrogens with one attached hydrogen (secondary N) is 2. The van der Waals surface area contributed by atoms with Crippen LogP contribution in [0.25, 0.3) is 5.70 Å². The normalized spacial score (nSPS) is 9.76. The highest BCUT2D eigenvalue weighted by atomic mass is 19.1. The molecule has 0 aliphatic rings. The molecule has 6 heteroatoms. The summed E-state index contributed by atoms with van der Waals surface area (Å²) in [5.74, 6) is -0.330. The minimum atomic E-state index is -0.385. The summed E-state index contributed by atoms with van der Waals surface area (Å²) in [4.78, 5) is 15.5. The number of hydrazine groups is 1. The van der Waals surface area contributed by atoms with Crippen LogP contribution in [0.15, 0.2) is 55.4 Å². The standard InChI is InChI=1S/C15H14FN3O2/c1-11(12-3-2-8-17-9-12)18-19-15(20)10-21-14-6-4-13(16)5-7-14/h2-9,18H,1,10H2,(H,19,20). The van der Waals surface area contributed by atoms with Crippen LogP contribution in [0.4, 0.5) is 4.39 Å². The monoisotopic (exact) mass is 287 g/mol. The number of pyridine rings is 1. The third-order valence-corrected chi connectivity index (χ3v) is 2.55. The fourth-order valence-corrected chi connectivity index (χ4v) is 1.47. The van der Waals surface area contributed by atoms with E-state index >= 15 is 0 Å². The predicted molar refractivity (Wildman–Crippen MR) is 76.4 cm³/mol. The van der Waals surface area contributed by atoms with Crippen molar-refractivity contribution in [1.82, 2.24) is 15.8 Å². The van der Waals surface area contributed by atoms with Gasteiger partial charge in [-0.2, -0.15) is 0 Å². The van der Waals surface area contributed by atoms with Crippen LogP contribution in [0.2, 0.25) is 0 Å². The molecule has 0 radical (unpaired) electrons. The Kier molecular flexibility index (Phi) is 4.87. The quantitative estimate of drug-likeness (QED) is 0.796. The van der Waals surface area contributed by atoms with Crippen molar-refractivity contribution in [2.45, 2.75) is 0 Å². The lowest BCUT2D eigenvalue weighted by atomic mass is 10.2. The van der Waals surface area contributed by atoms with Gasteiger partial charge < -0.3 is 4.74 Å². The number of nitrogens with zero attached hydrogens (tertiary/aromatic N) is 1. The Balaban J connectivity index is 1.75. The van der Waals surface area contributed by atoms with Crippen LogP contribution in [0, 0.1) is 5.82 Å². The third-order valence-electron chi connectivity index (χ3n) is 2.55. The van der Waals surface area contributed by atoms with E-state index in [1.54, 1.807) is 18.5 Å². The van der Waals surface area contributed by atoms with Crippen LogP contribution in [-0.4, -0.2) is 17.5 Å². The molecule has 108 valence electrons. The van der Waals surface area contributed by atoms with Gasteiger partial charge >= 0.3 is 0 Å². The highest BCUT2D eigenvalue weighted by Gasteiger charge is 2.04. The first-order valence-corrected chi connectivity index (χ1v) is 6.17. The molecule has 2 aromatic rings. The summed E-state index contributed by atoms with van der Waals surface area (Å²) in [7, 11) is 0. The molecule has 0 aliphatic carbocycles. The van der Waals surface area contributed by atoms with Gasteiger partial charge in [-0.25, -0.2) is 4.39 Å². The van der Waals surface area contributed by atoms with Gasteiger partial charge in [-0.3, -0.25) is 20.6 Å². The van der Waals surface area contributed by atoms with Crippen molar-refractivity contribution < 1.29 is 13.9 Å². The summed E-state index contributed by atoms with van der Waals surface area (Å²) in [5, 5.41) is 0. The third kappa shape index (κ3) is 4.61. The summed E-state index contributed by atoms with van der Waals surface area (Å²) in [6.07, 6.45) is 3.27. The summed E-state index contributed by atoms with van der Waals surface area (Å²) in [6.45, 7) is 3.58. The molecule has 2 rings (SSSR count). The van der Waals surface area contributed by atoms with Gasteiger partial charge in [0.15, 0.2) is 6.61 Å². The maximum atomic E-state index is 12.7. The topological polar surface area (TPSA) is 63.2 Å². The van der Waals surface area contributed by atoms with E-state index in [4.69, 9.17) is 4.74 Å². The van der Waals surface area contributed by atoms with Crippen molar-refractivity contribution in [2.75, 3.05) is 6.61 Å². The number of carbonyl (C=O) groups is 1. The molecule has 5 nitrogen and oxygen atoms in total. The van der Waals surface area contributed by atoms with Crippen LogP contribution in [-0.2, 0) is 4.79 Å². The number of carbonyl (C=O) groups excluding carboxylic acids is 1. The highest BCUT2D eigenvalue weighted by Crippen LogP contribution is 2.10. The average molecular weight is 287 g/mol. The molecule has 2 N–H and O–H groups in total. The molecule has 0 saturated carbocycles. The Morgan fingerprint density at radius 3 is 2.67 bits per heavy atom. The van der Waals surface area contributed by atoms with Crippen LogP contribution < -0.4 is 15.6 Å². The van der Waals surface area contributed by atoms with E-state index in [0.717, 1.165) is 5.56 Å². The van der Waals surface area contributed by atoms with Crippen LogP contribution in [0.3, 0.4) is 0 Å². The Morgan fingerprint density at radius 1 is 1.24 bits per heavy atom. The van der Waals surface area contributed by atoms with Crippen LogP contribution >= 0.6 is 0 Å².